The number of aryl methyl sites for hydroxylation is 2. The molecule has 0 aliphatic heterocycles. The Labute approximate surface area is 178 Å². The minimum Gasteiger partial charge on any atom is -0.438 e. The molecule has 0 radical (unpaired) electrons. The summed E-state index contributed by atoms with van der Waals surface area (Å²) in [5.74, 6) is 1.21. The number of ether oxygens (including phenoxy) is 1. The molecule has 0 atom stereocenters. The molecule has 8 heteroatoms. The SMILES string of the molecule is Cc1cc(C)n(-c2ccc(Oc3ccc(NC(=O)c4cccc(C#N)c4)cc3)nn2)n1. The first kappa shape index (κ1) is 19.8. The van der Waals surface area contributed by atoms with Gasteiger partial charge < -0.3 is 10.1 Å². The zero-order valence-electron chi connectivity index (χ0n) is 16.9. The maximum absolute atomic E-state index is 12.4. The number of nitrogens with one attached hydrogen (secondary N) is 1. The van der Waals surface area contributed by atoms with Crippen LogP contribution in [-0.4, -0.2) is 25.9 Å². The smallest absolute Gasteiger partial charge is 0.255 e. The fourth-order valence-electron chi connectivity index (χ4n) is 3.00. The van der Waals surface area contributed by atoms with Gasteiger partial charge in [-0.25, -0.2) is 4.68 Å². The second-order valence-corrected chi connectivity index (χ2v) is 6.84. The van der Waals surface area contributed by atoms with Crippen LogP contribution in [0.15, 0.2) is 66.7 Å². The summed E-state index contributed by atoms with van der Waals surface area (Å²) in [6.07, 6.45) is 0. The van der Waals surface area contributed by atoms with Gasteiger partial charge in [-0.1, -0.05) is 6.07 Å². The van der Waals surface area contributed by atoms with E-state index in [2.05, 4.69) is 20.6 Å². The van der Waals surface area contributed by atoms with E-state index in [1.165, 1.54) is 0 Å². The summed E-state index contributed by atoms with van der Waals surface area (Å²) in [7, 11) is 0. The molecule has 152 valence electrons. The van der Waals surface area contributed by atoms with Crippen molar-refractivity contribution < 1.29 is 9.53 Å². The Hall–Kier alpha value is -4.51. The average molecular weight is 410 g/mol. The van der Waals surface area contributed by atoms with Crippen LogP contribution in [0, 0.1) is 25.2 Å². The number of benzene rings is 2. The third-order valence-corrected chi connectivity index (χ3v) is 4.44. The standard InChI is InChI=1S/C23H18N6O2/c1-15-12-16(2)29(28-15)21-10-11-22(27-26-21)31-20-8-6-19(7-9-20)25-23(30)18-5-3-4-17(13-18)14-24/h3-13H,1-2H3,(H,25,30). The van der Waals surface area contributed by atoms with Gasteiger partial charge >= 0.3 is 0 Å². The van der Waals surface area contributed by atoms with Crippen molar-refractivity contribution in [3.63, 3.8) is 0 Å². The number of nitriles is 1. The normalized spacial score (nSPS) is 10.4. The van der Waals surface area contributed by atoms with Crippen LogP contribution < -0.4 is 10.1 Å². The van der Waals surface area contributed by atoms with Crippen LogP contribution in [0.4, 0.5) is 5.69 Å². The molecular weight excluding hydrogens is 392 g/mol. The summed E-state index contributed by atoms with van der Waals surface area (Å²) in [5, 5.41) is 24.4. The van der Waals surface area contributed by atoms with Crippen LogP contribution in [0.1, 0.15) is 27.3 Å². The van der Waals surface area contributed by atoms with E-state index in [-0.39, 0.29) is 5.91 Å². The average Bonchev–Trinajstić information content (AvgIpc) is 3.13. The second-order valence-electron chi connectivity index (χ2n) is 6.84. The lowest BCUT2D eigenvalue weighted by molar-refractivity contribution is 0.102. The first-order valence-electron chi connectivity index (χ1n) is 9.48. The minimum atomic E-state index is -0.295. The van der Waals surface area contributed by atoms with E-state index < -0.39 is 0 Å². The summed E-state index contributed by atoms with van der Waals surface area (Å²) < 4.78 is 7.45. The molecule has 4 aromatic rings. The van der Waals surface area contributed by atoms with E-state index in [1.54, 1.807) is 65.3 Å². The molecule has 0 unspecified atom stereocenters. The first-order valence-corrected chi connectivity index (χ1v) is 9.48. The van der Waals surface area contributed by atoms with Crippen LogP contribution in [-0.2, 0) is 0 Å². The molecule has 1 amide bonds. The number of carbonyl (C=O) groups is 1. The molecule has 4 rings (SSSR count). The summed E-state index contributed by atoms with van der Waals surface area (Å²) in [4.78, 5) is 12.4. The molecule has 2 heterocycles. The largest absolute Gasteiger partial charge is 0.438 e. The van der Waals surface area contributed by atoms with Gasteiger partial charge in [0.2, 0.25) is 5.88 Å². The van der Waals surface area contributed by atoms with E-state index >= 15 is 0 Å². The maximum Gasteiger partial charge on any atom is 0.255 e. The van der Waals surface area contributed by atoms with Crippen molar-refractivity contribution in [1.82, 2.24) is 20.0 Å². The lowest BCUT2D eigenvalue weighted by Crippen LogP contribution is -2.11. The number of hydrogen-bond donors (Lipinski definition) is 1. The van der Waals surface area contributed by atoms with Crippen molar-refractivity contribution in [2.75, 3.05) is 5.32 Å². The molecule has 0 saturated carbocycles. The van der Waals surface area contributed by atoms with Crippen molar-refractivity contribution in [1.29, 1.82) is 5.26 Å². The van der Waals surface area contributed by atoms with Gasteiger partial charge in [-0.2, -0.15) is 10.4 Å². The molecule has 0 aliphatic carbocycles. The zero-order chi connectivity index (χ0) is 21.8. The lowest BCUT2D eigenvalue weighted by Gasteiger charge is -2.08. The maximum atomic E-state index is 12.4. The number of amides is 1. The van der Waals surface area contributed by atoms with Crippen LogP contribution >= 0.6 is 0 Å². The van der Waals surface area contributed by atoms with Gasteiger partial charge in [0, 0.05) is 23.0 Å². The molecule has 8 nitrogen and oxygen atoms in total. The van der Waals surface area contributed by atoms with Gasteiger partial charge in [0.25, 0.3) is 5.91 Å². The molecule has 2 aromatic carbocycles. The monoisotopic (exact) mass is 410 g/mol. The fourth-order valence-corrected chi connectivity index (χ4v) is 3.00. The Morgan fingerprint density at radius 2 is 1.84 bits per heavy atom. The van der Waals surface area contributed by atoms with E-state index in [1.807, 2.05) is 26.0 Å². The van der Waals surface area contributed by atoms with Crippen molar-refractivity contribution >= 4 is 11.6 Å². The van der Waals surface area contributed by atoms with Crippen LogP contribution in [0.25, 0.3) is 5.82 Å². The Morgan fingerprint density at radius 1 is 1.03 bits per heavy atom. The zero-order valence-corrected chi connectivity index (χ0v) is 16.9. The van der Waals surface area contributed by atoms with E-state index in [9.17, 15) is 4.79 Å². The number of aromatic nitrogens is 4. The van der Waals surface area contributed by atoms with Crippen molar-refractivity contribution in [3.8, 4) is 23.5 Å². The molecule has 1 N–H and O–H groups in total. The van der Waals surface area contributed by atoms with Crippen LogP contribution in [0.2, 0.25) is 0 Å². The van der Waals surface area contributed by atoms with Crippen molar-refractivity contribution in [3.05, 3.63) is 89.2 Å². The van der Waals surface area contributed by atoms with Gasteiger partial charge in [-0.3, -0.25) is 4.79 Å². The minimum absolute atomic E-state index is 0.295. The Balaban J connectivity index is 1.41. The summed E-state index contributed by atoms with van der Waals surface area (Å²) >= 11 is 0. The van der Waals surface area contributed by atoms with Crippen molar-refractivity contribution in [2.24, 2.45) is 0 Å². The fraction of sp³-hybridized carbons (Fsp3) is 0.0870. The van der Waals surface area contributed by atoms with Crippen molar-refractivity contribution in [2.45, 2.75) is 13.8 Å². The highest BCUT2D eigenvalue weighted by Crippen LogP contribution is 2.22. The molecule has 2 aromatic heterocycles. The topological polar surface area (TPSA) is 106 Å². The Bertz CT molecular complexity index is 1270. The van der Waals surface area contributed by atoms with E-state index in [4.69, 9.17) is 10.00 Å². The highest BCUT2D eigenvalue weighted by Gasteiger charge is 2.09. The van der Waals surface area contributed by atoms with E-state index in [0.717, 1.165) is 11.4 Å². The highest BCUT2D eigenvalue weighted by atomic mass is 16.5. The highest BCUT2D eigenvalue weighted by molar-refractivity contribution is 6.04. The summed E-state index contributed by atoms with van der Waals surface area (Å²) in [6.45, 7) is 3.87. The molecular formula is C23H18N6O2. The number of anilines is 1. The van der Waals surface area contributed by atoms with E-state index in [0.29, 0.717) is 34.3 Å². The summed E-state index contributed by atoms with van der Waals surface area (Å²) in [6, 6.07) is 20.9. The number of nitrogens with zero attached hydrogens (tertiary/aromatic N) is 5. The first-order chi connectivity index (χ1) is 15.0. The van der Waals surface area contributed by atoms with Gasteiger partial charge in [-0.15, -0.1) is 10.2 Å². The molecule has 0 fully saturated rings. The number of hydrogen-bond acceptors (Lipinski definition) is 6. The Kier molecular flexibility index (Phi) is 5.41. The third kappa shape index (κ3) is 4.57. The predicted molar refractivity (Wildman–Crippen MR) is 114 cm³/mol. The van der Waals surface area contributed by atoms with Gasteiger partial charge in [0.15, 0.2) is 5.82 Å². The van der Waals surface area contributed by atoms with Gasteiger partial charge in [-0.05, 0) is 68.4 Å². The Morgan fingerprint density at radius 3 is 2.48 bits per heavy atom. The quantitative estimate of drug-likeness (QED) is 0.529. The van der Waals surface area contributed by atoms with Gasteiger partial charge in [0.05, 0.1) is 17.3 Å². The molecule has 31 heavy (non-hydrogen) atoms. The molecule has 0 saturated heterocycles. The molecule has 0 spiro atoms. The number of rotatable bonds is 5. The third-order valence-electron chi connectivity index (χ3n) is 4.44. The predicted octanol–water partition coefficient (Wildman–Crippen LogP) is 4.20. The van der Waals surface area contributed by atoms with Gasteiger partial charge in [0.1, 0.15) is 5.75 Å². The number of carbonyl (C=O) groups excluding carboxylic acids is 1. The summed E-state index contributed by atoms with van der Waals surface area (Å²) in [5.41, 5.74) is 3.33. The molecule has 0 aliphatic rings. The molecule has 0 bridgehead atoms. The van der Waals surface area contributed by atoms with Crippen LogP contribution in [0.3, 0.4) is 0 Å². The lowest BCUT2D eigenvalue weighted by atomic mass is 10.1. The van der Waals surface area contributed by atoms with Crippen LogP contribution in [0.5, 0.6) is 11.6 Å². The second kappa shape index (κ2) is 8.47.